The van der Waals surface area contributed by atoms with Gasteiger partial charge < -0.3 is 19.9 Å². The zero-order chi connectivity index (χ0) is 16.1. The molecule has 0 aromatic heterocycles. The van der Waals surface area contributed by atoms with Crippen molar-refractivity contribution < 1.29 is 9.53 Å². The maximum Gasteiger partial charge on any atom is 0.236 e. The van der Waals surface area contributed by atoms with Crippen LogP contribution in [-0.4, -0.2) is 98.7 Å². The fourth-order valence-corrected chi connectivity index (χ4v) is 3.25. The molecule has 0 spiro atoms. The van der Waals surface area contributed by atoms with E-state index in [1.165, 1.54) is 19.3 Å². The van der Waals surface area contributed by atoms with Gasteiger partial charge in [-0.25, -0.2) is 0 Å². The van der Waals surface area contributed by atoms with E-state index < -0.39 is 0 Å². The Morgan fingerprint density at radius 3 is 2.35 bits per heavy atom. The molecule has 0 bridgehead atoms. The number of nitrogens with one attached hydrogen (secondary N) is 1. The summed E-state index contributed by atoms with van der Waals surface area (Å²) in [6.07, 6.45) is 3.84. The molecule has 1 aliphatic carbocycles. The number of ether oxygens (including phenoxy) is 1. The molecule has 3 aliphatic rings. The molecule has 1 N–H and O–H groups in total. The van der Waals surface area contributed by atoms with Crippen molar-refractivity contribution >= 4 is 11.9 Å². The number of guanidine groups is 1. The molecule has 0 aromatic carbocycles. The third-order valence-corrected chi connectivity index (χ3v) is 5.04. The number of hydrogen-bond acceptors (Lipinski definition) is 4. The summed E-state index contributed by atoms with van der Waals surface area (Å²) in [6.45, 7) is 7.04. The van der Waals surface area contributed by atoms with E-state index in [4.69, 9.17) is 4.74 Å². The number of carbonyl (C=O) groups is 1. The third kappa shape index (κ3) is 4.35. The maximum atomic E-state index is 12.3. The van der Waals surface area contributed by atoms with E-state index >= 15 is 0 Å². The second-order valence-electron chi connectivity index (χ2n) is 6.58. The quantitative estimate of drug-likeness (QED) is 0.565. The Morgan fingerprint density at radius 1 is 1.09 bits per heavy atom. The van der Waals surface area contributed by atoms with E-state index in [1.807, 2.05) is 11.9 Å². The van der Waals surface area contributed by atoms with Crippen molar-refractivity contribution in [2.45, 2.75) is 25.3 Å². The molecule has 1 saturated carbocycles. The molecule has 2 heterocycles. The first-order valence-electron chi connectivity index (χ1n) is 8.82. The van der Waals surface area contributed by atoms with Gasteiger partial charge in [0.2, 0.25) is 5.91 Å². The van der Waals surface area contributed by atoms with Gasteiger partial charge in [0.25, 0.3) is 0 Å². The Labute approximate surface area is 138 Å². The fraction of sp³-hybridized carbons (Fsp3) is 0.875. The van der Waals surface area contributed by atoms with Gasteiger partial charge in [-0.2, -0.15) is 0 Å². The minimum Gasteiger partial charge on any atom is -0.378 e. The van der Waals surface area contributed by atoms with Crippen LogP contribution in [0.3, 0.4) is 0 Å². The maximum absolute atomic E-state index is 12.3. The molecule has 23 heavy (non-hydrogen) atoms. The van der Waals surface area contributed by atoms with Crippen LogP contribution in [0, 0.1) is 0 Å². The normalized spacial score (nSPS) is 24.5. The highest BCUT2D eigenvalue weighted by Gasteiger charge is 2.26. The van der Waals surface area contributed by atoms with Crippen LogP contribution in [0.25, 0.3) is 0 Å². The van der Waals surface area contributed by atoms with Crippen LogP contribution in [0.4, 0.5) is 0 Å². The van der Waals surface area contributed by atoms with Crippen molar-refractivity contribution in [3.63, 3.8) is 0 Å². The predicted octanol–water partition coefficient (Wildman–Crippen LogP) is -0.409. The standard InChI is InChI=1S/C16H29N5O2/c1-17-16(18-14-3-2-4-14)21-7-5-19(6-8-21)13-15(22)20-9-11-23-12-10-20/h14H,2-13H2,1H3,(H,17,18). The number of nitrogens with zero attached hydrogens (tertiary/aromatic N) is 4. The summed E-state index contributed by atoms with van der Waals surface area (Å²) in [7, 11) is 1.86. The van der Waals surface area contributed by atoms with Crippen molar-refractivity contribution in [2.75, 3.05) is 66.1 Å². The number of hydrogen-bond donors (Lipinski definition) is 1. The monoisotopic (exact) mass is 323 g/mol. The molecule has 1 amide bonds. The lowest BCUT2D eigenvalue weighted by Gasteiger charge is -2.39. The summed E-state index contributed by atoms with van der Waals surface area (Å²) < 4.78 is 5.30. The highest BCUT2D eigenvalue weighted by Crippen LogP contribution is 2.18. The van der Waals surface area contributed by atoms with Crippen LogP contribution >= 0.6 is 0 Å². The molecule has 7 nitrogen and oxygen atoms in total. The Bertz CT molecular complexity index is 424. The van der Waals surface area contributed by atoms with Gasteiger partial charge in [-0.15, -0.1) is 0 Å². The average Bonchev–Trinajstić information content (AvgIpc) is 2.56. The first-order valence-corrected chi connectivity index (χ1v) is 8.82. The average molecular weight is 323 g/mol. The summed E-state index contributed by atoms with van der Waals surface area (Å²) >= 11 is 0. The largest absolute Gasteiger partial charge is 0.378 e. The summed E-state index contributed by atoms with van der Waals surface area (Å²) in [6, 6.07) is 0.606. The molecule has 130 valence electrons. The van der Waals surface area contributed by atoms with Gasteiger partial charge in [0, 0.05) is 52.4 Å². The number of morpholine rings is 1. The van der Waals surface area contributed by atoms with Crippen LogP contribution in [0.15, 0.2) is 4.99 Å². The second-order valence-corrected chi connectivity index (χ2v) is 6.58. The van der Waals surface area contributed by atoms with Gasteiger partial charge in [-0.1, -0.05) is 0 Å². The second kappa shape index (κ2) is 7.97. The van der Waals surface area contributed by atoms with Crippen LogP contribution < -0.4 is 5.32 Å². The lowest BCUT2D eigenvalue weighted by molar-refractivity contribution is -0.136. The molecule has 3 rings (SSSR count). The van der Waals surface area contributed by atoms with Crippen molar-refractivity contribution in [1.29, 1.82) is 0 Å². The molecule has 0 radical (unpaired) electrons. The summed E-state index contributed by atoms with van der Waals surface area (Å²) in [5.41, 5.74) is 0. The van der Waals surface area contributed by atoms with Crippen molar-refractivity contribution in [3.05, 3.63) is 0 Å². The van der Waals surface area contributed by atoms with Gasteiger partial charge in [0.05, 0.1) is 19.8 Å². The first kappa shape index (κ1) is 16.5. The molecule has 7 heteroatoms. The van der Waals surface area contributed by atoms with E-state index in [0.717, 1.165) is 45.2 Å². The van der Waals surface area contributed by atoms with Gasteiger partial charge >= 0.3 is 0 Å². The number of rotatable bonds is 3. The number of carbonyl (C=O) groups excluding carboxylic acids is 1. The van der Waals surface area contributed by atoms with Crippen molar-refractivity contribution in [2.24, 2.45) is 4.99 Å². The number of amides is 1. The van der Waals surface area contributed by atoms with Crippen LogP contribution in [0.2, 0.25) is 0 Å². The van der Waals surface area contributed by atoms with Crippen LogP contribution in [0.5, 0.6) is 0 Å². The Balaban J connectivity index is 1.41. The topological polar surface area (TPSA) is 60.4 Å². The van der Waals surface area contributed by atoms with Gasteiger partial charge in [0.1, 0.15) is 0 Å². The van der Waals surface area contributed by atoms with E-state index in [1.54, 1.807) is 0 Å². The Hall–Kier alpha value is -1.34. The van der Waals surface area contributed by atoms with Crippen LogP contribution in [-0.2, 0) is 9.53 Å². The highest BCUT2D eigenvalue weighted by molar-refractivity contribution is 5.80. The van der Waals surface area contributed by atoms with Crippen molar-refractivity contribution in [1.82, 2.24) is 20.0 Å². The highest BCUT2D eigenvalue weighted by atomic mass is 16.5. The lowest BCUT2D eigenvalue weighted by Crippen LogP contribution is -2.56. The predicted molar refractivity (Wildman–Crippen MR) is 89.5 cm³/mol. The molecule has 0 atom stereocenters. The summed E-state index contributed by atoms with van der Waals surface area (Å²) in [4.78, 5) is 23.2. The molecule has 0 aromatic rings. The van der Waals surface area contributed by atoms with E-state index in [2.05, 4.69) is 20.1 Å². The fourth-order valence-electron chi connectivity index (χ4n) is 3.25. The molecule has 3 fully saturated rings. The zero-order valence-electron chi connectivity index (χ0n) is 14.2. The van der Waals surface area contributed by atoms with E-state index in [9.17, 15) is 4.79 Å². The van der Waals surface area contributed by atoms with Gasteiger partial charge in [-0.05, 0) is 19.3 Å². The minimum absolute atomic E-state index is 0.235. The number of aliphatic imine (C=N–C) groups is 1. The first-order chi connectivity index (χ1) is 11.3. The SMILES string of the molecule is CN=C(NC1CCC1)N1CCN(CC(=O)N2CCOCC2)CC1. The summed E-state index contributed by atoms with van der Waals surface area (Å²) in [5, 5.41) is 3.55. The smallest absolute Gasteiger partial charge is 0.236 e. The molecular weight excluding hydrogens is 294 g/mol. The summed E-state index contributed by atoms with van der Waals surface area (Å²) in [5.74, 6) is 1.26. The van der Waals surface area contributed by atoms with E-state index in [-0.39, 0.29) is 5.91 Å². The zero-order valence-corrected chi connectivity index (χ0v) is 14.2. The van der Waals surface area contributed by atoms with Gasteiger partial charge in [-0.3, -0.25) is 14.7 Å². The Morgan fingerprint density at radius 2 is 1.78 bits per heavy atom. The number of piperazine rings is 1. The molecule has 2 aliphatic heterocycles. The van der Waals surface area contributed by atoms with Crippen molar-refractivity contribution in [3.8, 4) is 0 Å². The third-order valence-electron chi connectivity index (χ3n) is 5.04. The minimum atomic E-state index is 0.235. The molecular formula is C16H29N5O2. The lowest BCUT2D eigenvalue weighted by atomic mass is 9.93. The van der Waals surface area contributed by atoms with Gasteiger partial charge in [0.15, 0.2) is 5.96 Å². The Kier molecular flexibility index (Phi) is 5.72. The van der Waals surface area contributed by atoms with E-state index in [0.29, 0.717) is 25.8 Å². The van der Waals surface area contributed by atoms with Crippen LogP contribution in [0.1, 0.15) is 19.3 Å². The molecule has 2 saturated heterocycles. The molecule has 0 unspecified atom stereocenters.